The van der Waals surface area contributed by atoms with Crippen LogP contribution in [0.3, 0.4) is 0 Å². The second-order valence-corrected chi connectivity index (χ2v) is 9.45. The predicted molar refractivity (Wildman–Crippen MR) is 128 cm³/mol. The average molecular weight is 542 g/mol. The van der Waals surface area contributed by atoms with Gasteiger partial charge in [-0.1, -0.05) is 30.3 Å². The largest absolute Gasteiger partial charge is 0.427 e. The third-order valence-electron chi connectivity index (χ3n) is 7.07. The zero-order valence-electron chi connectivity index (χ0n) is 20.6. The number of ether oxygens (including phenoxy) is 1. The summed E-state index contributed by atoms with van der Waals surface area (Å²) in [6.07, 6.45) is -0.694. The molecule has 3 aromatic rings. The first-order valence-corrected chi connectivity index (χ1v) is 12.0. The van der Waals surface area contributed by atoms with E-state index in [0.717, 1.165) is 35.7 Å². The number of nitrogens with zero attached hydrogens (tertiary/aromatic N) is 4. The van der Waals surface area contributed by atoms with Gasteiger partial charge in [-0.15, -0.1) is 0 Å². The Morgan fingerprint density at radius 1 is 1.10 bits per heavy atom. The van der Waals surface area contributed by atoms with Gasteiger partial charge in [-0.3, -0.25) is 9.59 Å². The highest BCUT2D eigenvalue weighted by Gasteiger charge is 2.58. The summed E-state index contributed by atoms with van der Waals surface area (Å²) in [4.78, 5) is 48.5. The molecule has 1 aliphatic heterocycles. The number of hydrogen-bond donors (Lipinski definition) is 0. The molecule has 5 rings (SSSR count). The normalized spacial score (nSPS) is 19.3. The van der Waals surface area contributed by atoms with Crippen molar-refractivity contribution < 1.29 is 36.7 Å². The van der Waals surface area contributed by atoms with Gasteiger partial charge < -0.3 is 9.64 Å². The third kappa shape index (κ3) is 4.82. The van der Waals surface area contributed by atoms with E-state index in [1.165, 1.54) is 18.5 Å². The molecule has 0 bridgehead atoms. The fraction of sp³-hybridized carbons (Fsp3) is 0.296. The van der Waals surface area contributed by atoms with E-state index < -0.39 is 54.6 Å². The molecule has 0 N–H and O–H groups in total. The quantitative estimate of drug-likeness (QED) is 0.430. The van der Waals surface area contributed by atoms with Gasteiger partial charge >= 0.3 is 12.3 Å². The van der Waals surface area contributed by atoms with Gasteiger partial charge in [-0.2, -0.15) is 13.2 Å². The molecular weight excluding hydrogens is 520 g/mol. The van der Waals surface area contributed by atoms with Crippen molar-refractivity contribution in [3.63, 3.8) is 0 Å². The summed E-state index contributed by atoms with van der Waals surface area (Å²) >= 11 is 0. The number of benzene rings is 2. The summed E-state index contributed by atoms with van der Waals surface area (Å²) in [6.45, 7) is -0.637. The minimum atomic E-state index is -4.78. The molecule has 2 aliphatic rings. The zero-order valence-corrected chi connectivity index (χ0v) is 20.6. The van der Waals surface area contributed by atoms with Gasteiger partial charge in [0.05, 0.1) is 0 Å². The highest BCUT2D eigenvalue weighted by atomic mass is 19.4. The standard InChI is InChI=1S/C27H22F4N4O4/c1-16(27(29,30)31)34(13-17-2-5-21(28)6-3-17)23(36)14-35-24(37)26(39-25(35)38)9-8-19-10-18(4-7-22(19)26)20-11-32-15-33-12-20/h2-7,10-12,15-16H,8-9,13-14H2,1H3/t16-,26+/m0/s1. The fourth-order valence-electron chi connectivity index (χ4n) is 4.91. The molecule has 202 valence electrons. The van der Waals surface area contributed by atoms with Gasteiger partial charge in [0, 0.05) is 36.5 Å². The molecule has 8 nitrogen and oxygen atoms in total. The molecule has 2 atom stereocenters. The van der Waals surface area contributed by atoms with E-state index in [0.29, 0.717) is 21.8 Å². The molecule has 3 amide bonds. The van der Waals surface area contributed by atoms with Crippen LogP contribution in [-0.2, 0) is 32.9 Å². The van der Waals surface area contributed by atoms with Crippen molar-refractivity contribution in [1.82, 2.24) is 19.8 Å². The number of hydrogen-bond acceptors (Lipinski definition) is 6. The number of alkyl halides is 3. The highest BCUT2D eigenvalue weighted by molar-refractivity contribution is 6.06. The van der Waals surface area contributed by atoms with E-state index in [1.807, 2.05) is 6.07 Å². The number of carbonyl (C=O) groups excluding carboxylic acids is 3. The minimum Gasteiger partial charge on any atom is -0.427 e. The van der Waals surface area contributed by atoms with E-state index in [9.17, 15) is 31.9 Å². The molecular formula is C27H22F4N4O4. The van der Waals surface area contributed by atoms with Gasteiger partial charge in [0.25, 0.3) is 5.91 Å². The van der Waals surface area contributed by atoms with Crippen LogP contribution in [0, 0.1) is 5.82 Å². The molecule has 12 heteroatoms. The molecule has 1 spiro atoms. The van der Waals surface area contributed by atoms with Crippen molar-refractivity contribution >= 4 is 17.9 Å². The van der Waals surface area contributed by atoms with Gasteiger partial charge in [0.2, 0.25) is 11.5 Å². The van der Waals surface area contributed by atoms with Crippen molar-refractivity contribution in [3.05, 3.63) is 83.7 Å². The van der Waals surface area contributed by atoms with Crippen molar-refractivity contribution in [1.29, 1.82) is 0 Å². The fourth-order valence-corrected chi connectivity index (χ4v) is 4.91. The molecule has 1 aliphatic carbocycles. The Labute approximate surface area is 220 Å². The average Bonchev–Trinajstić information content (AvgIpc) is 3.39. The van der Waals surface area contributed by atoms with Crippen LogP contribution < -0.4 is 0 Å². The number of fused-ring (bicyclic) bond motifs is 2. The molecule has 39 heavy (non-hydrogen) atoms. The van der Waals surface area contributed by atoms with Crippen LogP contribution in [0.5, 0.6) is 0 Å². The summed E-state index contributed by atoms with van der Waals surface area (Å²) in [5.74, 6) is -2.50. The molecule has 0 unspecified atom stereocenters. The Balaban J connectivity index is 1.39. The summed E-state index contributed by atoms with van der Waals surface area (Å²) < 4.78 is 59.7. The van der Waals surface area contributed by atoms with Crippen LogP contribution in [0.1, 0.15) is 30.0 Å². The Bertz CT molecular complexity index is 1430. The van der Waals surface area contributed by atoms with Crippen molar-refractivity contribution in [3.8, 4) is 11.1 Å². The first kappa shape index (κ1) is 26.3. The third-order valence-corrected chi connectivity index (χ3v) is 7.07. The van der Waals surface area contributed by atoms with Crippen molar-refractivity contribution in [2.75, 3.05) is 6.54 Å². The number of carbonyl (C=O) groups is 3. The second kappa shape index (κ2) is 9.75. The van der Waals surface area contributed by atoms with Gasteiger partial charge in [-0.05, 0) is 42.2 Å². The maximum atomic E-state index is 13.6. The van der Waals surface area contributed by atoms with Crippen molar-refractivity contribution in [2.45, 2.75) is 44.1 Å². The lowest BCUT2D eigenvalue weighted by atomic mass is 9.93. The first-order chi connectivity index (χ1) is 18.5. The smallest absolute Gasteiger partial charge is 0.418 e. The Morgan fingerprint density at radius 2 is 1.79 bits per heavy atom. The monoisotopic (exact) mass is 542 g/mol. The topological polar surface area (TPSA) is 92.7 Å². The molecule has 0 radical (unpaired) electrons. The SMILES string of the molecule is C[C@H](N(Cc1ccc(F)cc1)C(=O)CN1C(=O)O[C@@]2(CCc3cc(-c4cncnc4)ccc32)C1=O)C(F)(F)F. The molecule has 2 heterocycles. The summed E-state index contributed by atoms with van der Waals surface area (Å²) in [5.41, 5.74) is 1.36. The van der Waals surface area contributed by atoms with Crippen LogP contribution in [-0.4, -0.2) is 56.4 Å². The maximum absolute atomic E-state index is 13.6. The Morgan fingerprint density at radius 3 is 2.46 bits per heavy atom. The van der Waals surface area contributed by atoms with Gasteiger partial charge in [0.15, 0.2) is 0 Å². The molecule has 2 aromatic carbocycles. The first-order valence-electron chi connectivity index (χ1n) is 12.0. The lowest BCUT2D eigenvalue weighted by molar-refractivity contribution is -0.187. The van der Waals surface area contributed by atoms with Crippen LogP contribution in [0.15, 0.2) is 61.2 Å². The molecule has 1 aromatic heterocycles. The minimum absolute atomic E-state index is 0.130. The number of rotatable bonds is 6. The maximum Gasteiger partial charge on any atom is 0.418 e. The number of halogens is 4. The molecule has 1 fully saturated rings. The highest BCUT2D eigenvalue weighted by Crippen LogP contribution is 2.46. The lowest BCUT2D eigenvalue weighted by Gasteiger charge is -2.31. The summed E-state index contributed by atoms with van der Waals surface area (Å²) in [7, 11) is 0. The van der Waals surface area contributed by atoms with E-state index in [1.54, 1.807) is 24.5 Å². The lowest BCUT2D eigenvalue weighted by Crippen LogP contribution is -2.51. The number of aromatic nitrogens is 2. The second-order valence-electron chi connectivity index (χ2n) is 9.45. The number of aryl methyl sites for hydroxylation is 1. The van der Waals surface area contributed by atoms with E-state index in [-0.39, 0.29) is 12.0 Å². The van der Waals surface area contributed by atoms with Crippen LogP contribution >= 0.6 is 0 Å². The van der Waals surface area contributed by atoms with Gasteiger partial charge in [-0.25, -0.2) is 24.1 Å². The Hall–Kier alpha value is -4.35. The zero-order chi connectivity index (χ0) is 27.9. The van der Waals surface area contributed by atoms with Crippen LogP contribution in [0.25, 0.3) is 11.1 Å². The Kier molecular flexibility index (Phi) is 6.57. The summed E-state index contributed by atoms with van der Waals surface area (Å²) in [5, 5.41) is 0. The van der Waals surface area contributed by atoms with Crippen LogP contribution in [0.4, 0.5) is 22.4 Å². The van der Waals surface area contributed by atoms with Crippen molar-refractivity contribution in [2.24, 2.45) is 0 Å². The number of amides is 3. The van der Waals surface area contributed by atoms with E-state index in [2.05, 4.69) is 9.97 Å². The van der Waals surface area contributed by atoms with Crippen LogP contribution in [0.2, 0.25) is 0 Å². The molecule has 0 saturated carbocycles. The van der Waals surface area contributed by atoms with Gasteiger partial charge in [0.1, 0.15) is 24.7 Å². The van der Waals surface area contributed by atoms with E-state index >= 15 is 0 Å². The predicted octanol–water partition coefficient (Wildman–Crippen LogP) is 4.38. The molecule has 1 saturated heterocycles. The van der Waals surface area contributed by atoms with E-state index in [4.69, 9.17) is 4.74 Å². The number of imide groups is 1. The summed E-state index contributed by atoms with van der Waals surface area (Å²) in [6, 6.07) is 7.65.